The highest BCUT2D eigenvalue weighted by Gasteiger charge is 2.56. The molecule has 5 fully saturated rings. The highest BCUT2D eigenvalue weighted by atomic mass is 127. The van der Waals surface area contributed by atoms with Crippen LogP contribution in [-0.4, -0.2) is 35.9 Å². The molecule has 0 unspecified atom stereocenters. The summed E-state index contributed by atoms with van der Waals surface area (Å²) in [5.74, 6) is 1.98. The van der Waals surface area contributed by atoms with E-state index in [1.165, 1.54) is 24.2 Å². The van der Waals surface area contributed by atoms with Gasteiger partial charge in [0, 0.05) is 6.04 Å². The molecule has 39 heavy (non-hydrogen) atoms. The van der Waals surface area contributed by atoms with Gasteiger partial charge in [-0.25, -0.2) is 4.79 Å². The largest absolute Gasteiger partial charge is 0.493 e. The minimum absolute atomic E-state index is 0.0398. The number of imide groups is 2. The molecule has 1 heterocycles. The van der Waals surface area contributed by atoms with Crippen LogP contribution in [0.2, 0.25) is 0 Å². The molecule has 4 saturated carbocycles. The number of nitrogens with zero attached hydrogens (tertiary/aromatic N) is 1. The van der Waals surface area contributed by atoms with E-state index in [-0.39, 0.29) is 17.0 Å². The van der Waals surface area contributed by atoms with E-state index < -0.39 is 17.8 Å². The summed E-state index contributed by atoms with van der Waals surface area (Å²) < 4.78 is 12.4. The fourth-order valence-electron chi connectivity index (χ4n) is 7.85. The normalized spacial score (nSPS) is 29.5. The number of barbiturate groups is 1. The SMILES string of the molecule is COc1cc(/C=C2\C(=O)NC(=O)N([C@H](C)C34CC5CC(CC(C5)C3)C4)C2=O)cc(I)c1OCc1ccccc1. The third-order valence-corrected chi connectivity index (χ3v) is 10.1. The van der Waals surface area contributed by atoms with E-state index in [0.29, 0.717) is 41.4 Å². The Bertz CT molecular complexity index is 1320. The monoisotopic (exact) mass is 640 g/mol. The maximum atomic E-state index is 13.8. The van der Waals surface area contributed by atoms with E-state index in [1.807, 2.05) is 43.3 Å². The zero-order chi connectivity index (χ0) is 27.3. The van der Waals surface area contributed by atoms with E-state index in [2.05, 4.69) is 27.9 Å². The molecule has 4 amide bonds. The molecule has 1 saturated heterocycles. The number of benzene rings is 2. The molecule has 5 aliphatic rings. The molecule has 0 spiro atoms. The second-order valence-corrected chi connectivity index (χ2v) is 12.9. The van der Waals surface area contributed by atoms with Crippen molar-refractivity contribution >= 4 is 46.5 Å². The summed E-state index contributed by atoms with van der Waals surface area (Å²) in [6.07, 6.45) is 8.57. The lowest BCUT2D eigenvalue weighted by Gasteiger charge is -2.60. The summed E-state index contributed by atoms with van der Waals surface area (Å²) in [6, 6.07) is 12.6. The fourth-order valence-corrected chi connectivity index (χ4v) is 8.63. The smallest absolute Gasteiger partial charge is 0.331 e. The number of urea groups is 1. The topological polar surface area (TPSA) is 84.9 Å². The third kappa shape index (κ3) is 4.85. The molecule has 2 aromatic rings. The Morgan fingerprint density at radius 1 is 1.05 bits per heavy atom. The highest BCUT2D eigenvalue weighted by molar-refractivity contribution is 14.1. The van der Waals surface area contributed by atoms with Gasteiger partial charge in [0.25, 0.3) is 11.8 Å². The molecule has 0 aromatic heterocycles. The molecule has 7 nitrogen and oxygen atoms in total. The molecule has 7 rings (SSSR count). The number of ether oxygens (including phenoxy) is 2. The van der Waals surface area contributed by atoms with Gasteiger partial charge in [0.1, 0.15) is 12.2 Å². The van der Waals surface area contributed by atoms with E-state index >= 15 is 0 Å². The average Bonchev–Trinajstić information content (AvgIpc) is 2.90. The molecule has 1 aliphatic heterocycles. The van der Waals surface area contributed by atoms with Crippen molar-refractivity contribution in [1.82, 2.24) is 10.2 Å². The number of nitrogens with one attached hydrogen (secondary N) is 1. The van der Waals surface area contributed by atoms with Gasteiger partial charge in [0.05, 0.1) is 10.7 Å². The molecule has 8 heteroatoms. The van der Waals surface area contributed by atoms with Crippen LogP contribution in [0.5, 0.6) is 11.5 Å². The summed E-state index contributed by atoms with van der Waals surface area (Å²) >= 11 is 2.17. The number of methoxy groups -OCH3 is 1. The van der Waals surface area contributed by atoms with Crippen LogP contribution in [0.25, 0.3) is 6.08 Å². The van der Waals surface area contributed by atoms with Crippen molar-refractivity contribution in [3.63, 3.8) is 0 Å². The zero-order valence-electron chi connectivity index (χ0n) is 22.2. The van der Waals surface area contributed by atoms with Crippen molar-refractivity contribution in [3.8, 4) is 11.5 Å². The van der Waals surface area contributed by atoms with Crippen molar-refractivity contribution in [1.29, 1.82) is 0 Å². The number of carbonyl (C=O) groups is 3. The van der Waals surface area contributed by atoms with Crippen LogP contribution in [0.1, 0.15) is 56.6 Å². The molecule has 0 radical (unpaired) electrons. The van der Waals surface area contributed by atoms with Gasteiger partial charge in [0.2, 0.25) is 0 Å². The minimum Gasteiger partial charge on any atom is -0.493 e. The van der Waals surface area contributed by atoms with Crippen molar-refractivity contribution in [3.05, 3.63) is 62.7 Å². The summed E-state index contributed by atoms with van der Waals surface area (Å²) in [4.78, 5) is 41.0. The molecule has 4 aliphatic carbocycles. The Morgan fingerprint density at radius 3 is 2.31 bits per heavy atom. The molecular formula is C31H33IN2O5. The zero-order valence-corrected chi connectivity index (χ0v) is 24.4. The van der Waals surface area contributed by atoms with Crippen LogP contribution in [0, 0.1) is 26.7 Å². The Morgan fingerprint density at radius 2 is 1.69 bits per heavy atom. The van der Waals surface area contributed by atoms with E-state index in [0.717, 1.165) is 28.4 Å². The molecule has 1 N–H and O–H groups in total. The van der Waals surface area contributed by atoms with Gasteiger partial charge in [-0.3, -0.25) is 19.8 Å². The second-order valence-electron chi connectivity index (χ2n) is 11.8. The van der Waals surface area contributed by atoms with Crippen LogP contribution in [0.15, 0.2) is 48.0 Å². The predicted octanol–water partition coefficient (Wildman–Crippen LogP) is 5.95. The van der Waals surface area contributed by atoms with Gasteiger partial charge in [-0.1, -0.05) is 30.3 Å². The Balaban J connectivity index is 1.27. The Hall–Kier alpha value is -2.88. The average molecular weight is 641 g/mol. The van der Waals surface area contributed by atoms with Crippen LogP contribution in [0.3, 0.4) is 0 Å². The van der Waals surface area contributed by atoms with Crippen molar-refractivity contribution in [2.75, 3.05) is 7.11 Å². The number of hydrogen-bond donors (Lipinski definition) is 1. The Labute approximate surface area is 242 Å². The lowest BCUT2D eigenvalue weighted by molar-refractivity contribution is -0.139. The Kier molecular flexibility index (Phi) is 6.93. The van der Waals surface area contributed by atoms with E-state index in [9.17, 15) is 14.4 Å². The van der Waals surface area contributed by atoms with E-state index in [4.69, 9.17) is 9.47 Å². The summed E-state index contributed by atoms with van der Waals surface area (Å²) in [5.41, 5.74) is 1.56. The van der Waals surface area contributed by atoms with Crippen molar-refractivity contribution in [2.24, 2.45) is 23.2 Å². The van der Waals surface area contributed by atoms with Gasteiger partial charge in [-0.05, 0) is 121 Å². The maximum Gasteiger partial charge on any atom is 0.331 e. The maximum absolute atomic E-state index is 13.8. The first-order chi connectivity index (χ1) is 18.8. The standard InChI is InChI=1S/C31H33IN2O5/c1-18(31-14-21-8-22(15-31)10-23(9-21)16-31)34-29(36)24(28(35)33-30(34)37)11-20-12-25(32)27(26(13-20)38-2)39-17-19-6-4-3-5-7-19/h3-7,11-13,18,21-23H,8-10,14-17H2,1-2H3,(H,33,35,37)/b24-11+/t18-,21?,22?,23?,31?/m1/s1. The van der Waals surface area contributed by atoms with Gasteiger partial charge in [0.15, 0.2) is 11.5 Å². The van der Waals surface area contributed by atoms with Crippen LogP contribution < -0.4 is 14.8 Å². The number of amides is 4. The summed E-state index contributed by atoms with van der Waals surface area (Å²) in [7, 11) is 1.56. The first-order valence-corrected chi connectivity index (χ1v) is 14.8. The van der Waals surface area contributed by atoms with Crippen LogP contribution in [0.4, 0.5) is 4.79 Å². The minimum atomic E-state index is -0.669. The number of hydrogen-bond acceptors (Lipinski definition) is 5. The van der Waals surface area contributed by atoms with Crippen LogP contribution >= 0.6 is 22.6 Å². The first-order valence-electron chi connectivity index (χ1n) is 13.7. The van der Waals surface area contributed by atoms with Gasteiger partial charge >= 0.3 is 6.03 Å². The van der Waals surface area contributed by atoms with Gasteiger partial charge < -0.3 is 9.47 Å². The lowest BCUT2D eigenvalue weighted by atomic mass is 9.47. The second kappa shape index (κ2) is 10.3. The number of rotatable bonds is 7. The molecular weight excluding hydrogens is 607 g/mol. The van der Waals surface area contributed by atoms with E-state index in [1.54, 1.807) is 19.3 Å². The predicted molar refractivity (Wildman–Crippen MR) is 155 cm³/mol. The fraction of sp³-hybridized carbons (Fsp3) is 0.452. The third-order valence-electron chi connectivity index (χ3n) is 9.28. The summed E-state index contributed by atoms with van der Waals surface area (Å²) in [6.45, 7) is 2.39. The molecule has 1 atom stereocenters. The van der Waals surface area contributed by atoms with Crippen molar-refractivity contribution in [2.45, 2.75) is 58.1 Å². The summed E-state index contributed by atoms with van der Waals surface area (Å²) in [5, 5.41) is 2.44. The molecule has 4 bridgehead atoms. The lowest BCUT2D eigenvalue weighted by Crippen LogP contribution is -2.63. The van der Waals surface area contributed by atoms with Gasteiger partial charge in [-0.2, -0.15) is 0 Å². The number of halogens is 1. The highest BCUT2D eigenvalue weighted by Crippen LogP contribution is 2.62. The molecule has 204 valence electrons. The molecule has 2 aromatic carbocycles. The van der Waals surface area contributed by atoms with Crippen molar-refractivity contribution < 1.29 is 23.9 Å². The van der Waals surface area contributed by atoms with Crippen LogP contribution in [-0.2, 0) is 16.2 Å². The van der Waals surface area contributed by atoms with Gasteiger partial charge in [-0.15, -0.1) is 0 Å². The number of carbonyl (C=O) groups excluding carboxylic acids is 3. The first kappa shape index (κ1) is 26.3. The quantitative estimate of drug-likeness (QED) is 0.230.